The van der Waals surface area contributed by atoms with Crippen molar-refractivity contribution in [2.45, 2.75) is 64.0 Å². The van der Waals surface area contributed by atoms with Crippen LogP contribution in [-0.4, -0.2) is 41.2 Å². The maximum absolute atomic E-state index is 13.6. The van der Waals surface area contributed by atoms with Crippen LogP contribution >= 0.6 is 0 Å². The summed E-state index contributed by atoms with van der Waals surface area (Å²) < 4.78 is 74.2. The Hall–Kier alpha value is -0.960. The zero-order chi connectivity index (χ0) is 17.6. The van der Waals surface area contributed by atoms with Gasteiger partial charge in [0.25, 0.3) is 0 Å². The molecule has 1 aliphatic rings. The van der Waals surface area contributed by atoms with Gasteiger partial charge >= 0.3 is 23.9 Å². The van der Waals surface area contributed by atoms with E-state index in [0.29, 0.717) is 6.42 Å². The van der Waals surface area contributed by atoms with E-state index in [2.05, 4.69) is 4.74 Å². The Morgan fingerprint density at radius 3 is 2.18 bits per heavy atom. The molecule has 0 radical (unpaired) electrons. The van der Waals surface area contributed by atoms with Gasteiger partial charge in [0, 0.05) is 6.42 Å². The van der Waals surface area contributed by atoms with Crippen molar-refractivity contribution in [2.24, 2.45) is 5.41 Å². The van der Waals surface area contributed by atoms with Gasteiger partial charge in [0.1, 0.15) is 12.2 Å². The molecule has 1 saturated heterocycles. The van der Waals surface area contributed by atoms with Gasteiger partial charge in [-0.2, -0.15) is 13.2 Å². The molecule has 2 atom stereocenters. The van der Waals surface area contributed by atoms with Crippen LogP contribution in [0.2, 0.25) is 0 Å². The van der Waals surface area contributed by atoms with Crippen molar-refractivity contribution in [1.82, 2.24) is 0 Å². The molecule has 0 aromatic carbocycles. The van der Waals surface area contributed by atoms with Gasteiger partial charge in [-0.3, -0.25) is 4.79 Å². The Kier molecular flexibility index (Phi) is 4.59. The molecule has 1 N–H and O–H groups in total. The molecule has 0 amide bonds. The fourth-order valence-electron chi connectivity index (χ4n) is 1.96. The standard InChI is InChI=1S/C13H19F5O4/c1-5-9(2,3)8(19)21-7-10(4)6-11(14,15)12(20,22-10)13(16,17)18/h20H,5-7H2,1-4H3. The smallest absolute Gasteiger partial charge is 0.449 e. The van der Waals surface area contributed by atoms with Gasteiger partial charge in [0.05, 0.1) is 5.41 Å². The minimum absolute atomic E-state index is 0.395. The molecule has 4 nitrogen and oxygen atoms in total. The van der Waals surface area contributed by atoms with E-state index >= 15 is 0 Å². The molecule has 0 aromatic rings. The first-order valence-corrected chi connectivity index (χ1v) is 6.65. The second-order valence-corrected chi connectivity index (χ2v) is 6.39. The summed E-state index contributed by atoms with van der Waals surface area (Å²) in [5, 5.41) is 9.22. The number of alkyl halides is 5. The van der Waals surface area contributed by atoms with Crippen LogP contribution in [0.1, 0.15) is 40.5 Å². The first-order valence-electron chi connectivity index (χ1n) is 6.65. The van der Waals surface area contributed by atoms with Crippen LogP contribution in [0.5, 0.6) is 0 Å². The first-order chi connectivity index (χ1) is 9.60. The van der Waals surface area contributed by atoms with Gasteiger partial charge in [-0.25, -0.2) is 8.78 Å². The molecule has 0 spiro atoms. The van der Waals surface area contributed by atoms with Crippen LogP contribution in [0.15, 0.2) is 0 Å². The Balaban J connectivity index is 2.89. The summed E-state index contributed by atoms with van der Waals surface area (Å²) in [5.74, 6) is -9.89. The number of rotatable bonds is 4. The average molecular weight is 334 g/mol. The van der Waals surface area contributed by atoms with Gasteiger partial charge in [0.15, 0.2) is 0 Å². The van der Waals surface area contributed by atoms with E-state index in [4.69, 9.17) is 4.74 Å². The fourth-order valence-corrected chi connectivity index (χ4v) is 1.96. The van der Waals surface area contributed by atoms with Gasteiger partial charge in [-0.05, 0) is 27.2 Å². The van der Waals surface area contributed by atoms with E-state index < -0.39 is 47.9 Å². The summed E-state index contributed by atoms with van der Waals surface area (Å²) >= 11 is 0. The predicted octanol–water partition coefficient (Wildman–Crippen LogP) is 3.03. The van der Waals surface area contributed by atoms with E-state index in [0.717, 1.165) is 6.92 Å². The van der Waals surface area contributed by atoms with E-state index in [-0.39, 0.29) is 0 Å². The molecule has 2 unspecified atom stereocenters. The van der Waals surface area contributed by atoms with Crippen molar-refractivity contribution in [3.63, 3.8) is 0 Å². The quantitative estimate of drug-likeness (QED) is 0.634. The predicted molar refractivity (Wildman–Crippen MR) is 65.1 cm³/mol. The highest BCUT2D eigenvalue weighted by Gasteiger charge is 2.78. The number of carbonyl (C=O) groups excluding carboxylic acids is 1. The molecule has 1 rings (SSSR count). The molecule has 1 aliphatic heterocycles. The van der Waals surface area contributed by atoms with Crippen molar-refractivity contribution in [3.05, 3.63) is 0 Å². The highest BCUT2D eigenvalue weighted by atomic mass is 19.4. The molecule has 1 heterocycles. The van der Waals surface area contributed by atoms with E-state index in [1.807, 2.05) is 0 Å². The molecule has 0 saturated carbocycles. The lowest BCUT2D eigenvalue weighted by molar-refractivity contribution is -0.413. The third-order valence-electron chi connectivity index (χ3n) is 3.82. The van der Waals surface area contributed by atoms with Gasteiger partial charge in [-0.1, -0.05) is 6.92 Å². The number of aliphatic hydroxyl groups is 1. The van der Waals surface area contributed by atoms with Crippen molar-refractivity contribution in [3.8, 4) is 0 Å². The monoisotopic (exact) mass is 334 g/mol. The summed E-state index contributed by atoms with van der Waals surface area (Å²) in [7, 11) is 0. The van der Waals surface area contributed by atoms with Gasteiger partial charge in [0.2, 0.25) is 0 Å². The minimum atomic E-state index is -5.68. The van der Waals surface area contributed by atoms with Crippen molar-refractivity contribution in [2.75, 3.05) is 6.61 Å². The Labute approximate surface area is 124 Å². The summed E-state index contributed by atoms with van der Waals surface area (Å²) in [6.45, 7) is 4.91. The minimum Gasteiger partial charge on any atom is -0.462 e. The van der Waals surface area contributed by atoms with E-state index in [1.165, 1.54) is 0 Å². The second-order valence-electron chi connectivity index (χ2n) is 6.39. The highest BCUT2D eigenvalue weighted by Crippen LogP contribution is 2.54. The number of ether oxygens (including phenoxy) is 2. The van der Waals surface area contributed by atoms with Crippen LogP contribution in [0.25, 0.3) is 0 Å². The zero-order valence-electron chi connectivity index (χ0n) is 12.7. The van der Waals surface area contributed by atoms with E-state index in [9.17, 15) is 31.9 Å². The second kappa shape index (κ2) is 5.30. The molecule has 0 bridgehead atoms. The number of carbonyl (C=O) groups is 1. The number of hydrogen-bond acceptors (Lipinski definition) is 4. The molecule has 1 fully saturated rings. The van der Waals surface area contributed by atoms with Crippen LogP contribution in [0.3, 0.4) is 0 Å². The van der Waals surface area contributed by atoms with Gasteiger partial charge < -0.3 is 14.6 Å². The normalized spacial score (nSPS) is 32.1. The SMILES string of the molecule is CCC(C)(C)C(=O)OCC1(C)CC(F)(F)C(O)(C(F)(F)F)O1. The van der Waals surface area contributed by atoms with Gasteiger partial charge in [-0.15, -0.1) is 0 Å². The largest absolute Gasteiger partial charge is 0.462 e. The maximum Gasteiger partial charge on any atom is 0.449 e. The maximum atomic E-state index is 13.6. The fraction of sp³-hybridized carbons (Fsp3) is 0.923. The summed E-state index contributed by atoms with van der Waals surface area (Å²) in [5.41, 5.74) is -3.05. The third-order valence-corrected chi connectivity index (χ3v) is 3.82. The Bertz CT molecular complexity index is 448. The zero-order valence-corrected chi connectivity index (χ0v) is 12.7. The lowest BCUT2D eigenvalue weighted by Crippen LogP contribution is -2.56. The van der Waals surface area contributed by atoms with Crippen molar-refractivity contribution >= 4 is 5.97 Å². The molecular weight excluding hydrogens is 315 g/mol. The number of esters is 1. The lowest BCUT2D eigenvalue weighted by atomic mass is 9.90. The van der Waals surface area contributed by atoms with Crippen LogP contribution in [0.4, 0.5) is 22.0 Å². The summed E-state index contributed by atoms with van der Waals surface area (Å²) in [6.07, 6.45) is -6.71. The van der Waals surface area contributed by atoms with E-state index in [1.54, 1.807) is 20.8 Å². The third kappa shape index (κ3) is 3.19. The molecular formula is C13H19F5O4. The Morgan fingerprint density at radius 2 is 1.82 bits per heavy atom. The molecule has 0 aromatic heterocycles. The van der Waals surface area contributed by atoms with Crippen molar-refractivity contribution in [1.29, 1.82) is 0 Å². The average Bonchev–Trinajstić information content (AvgIpc) is 2.52. The number of halogens is 5. The molecule has 9 heteroatoms. The van der Waals surface area contributed by atoms with Crippen LogP contribution in [0, 0.1) is 5.41 Å². The highest BCUT2D eigenvalue weighted by molar-refractivity contribution is 5.75. The molecule has 22 heavy (non-hydrogen) atoms. The first kappa shape index (κ1) is 19.1. The molecule has 130 valence electrons. The number of hydrogen-bond donors (Lipinski definition) is 1. The molecule has 0 aliphatic carbocycles. The Morgan fingerprint density at radius 1 is 1.32 bits per heavy atom. The topological polar surface area (TPSA) is 55.8 Å². The van der Waals surface area contributed by atoms with Crippen LogP contribution in [-0.2, 0) is 14.3 Å². The summed E-state index contributed by atoms with van der Waals surface area (Å²) in [4.78, 5) is 11.8. The van der Waals surface area contributed by atoms with Crippen molar-refractivity contribution < 1.29 is 41.3 Å². The lowest BCUT2D eigenvalue weighted by Gasteiger charge is -2.31. The summed E-state index contributed by atoms with van der Waals surface area (Å²) in [6, 6.07) is 0. The van der Waals surface area contributed by atoms with Crippen LogP contribution < -0.4 is 0 Å².